The molecular formula is C32H34N2O5. The summed E-state index contributed by atoms with van der Waals surface area (Å²) in [5.74, 6) is 1.06. The molecule has 0 unspecified atom stereocenters. The Morgan fingerprint density at radius 1 is 1.10 bits per heavy atom. The lowest BCUT2D eigenvalue weighted by Gasteiger charge is -2.35. The zero-order valence-electron chi connectivity index (χ0n) is 22.5. The van der Waals surface area contributed by atoms with Gasteiger partial charge in [0.2, 0.25) is 5.91 Å². The molecular weight excluding hydrogens is 492 g/mol. The van der Waals surface area contributed by atoms with E-state index >= 15 is 0 Å². The van der Waals surface area contributed by atoms with E-state index in [9.17, 15) is 14.9 Å². The Morgan fingerprint density at radius 2 is 1.92 bits per heavy atom. The number of rotatable bonds is 11. The van der Waals surface area contributed by atoms with E-state index < -0.39 is 5.41 Å². The molecule has 1 aliphatic heterocycles. The van der Waals surface area contributed by atoms with Gasteiger partial charge in [-0.1, -0.05) is 49.4 Å². The molecule has 0 aliphatic carbocycles. The fourth-order valence-corrected chi connectivity index (χ4v) is 4.84. The maximum atomic E-state index is 13.3. The summed E-state index contributed by atoms with van der Waals surface area (Å²) < 4.78 is 16.9. The second-order valence-corrected chi connectivity index (χ2v) is 9.96. The predicted octanol–water partition coefficient (Wildman–Crippen LogP) is 6.09. The highest BCUT2D eigenvalue weighted by Gasteiger charge is 2.36. The number of fused-ring (bicyclic) bond motifs is 1. The van der Waals surface area contributed by atoms with Crippen LogP contribution in [0.3, 0.4) is 0 Å². The minimum Gasteiger partial charge on any atom is -0.493 e. The molecule has 0 bridgehead atoms. The van der Waals surface area contributed by atoms with E-state index in [0.29, 0.717) is 62.5 Å². The molecule has 7 heteroatoms. The standard InChI is InChI=1S/C32H34N2O5/c1-3-37-31(36)11-7-10-25-13-12-24(21-33)18-28(25)34-30(35)20-32(2)16-17-38-29-19-26(14-15-27(29)32)39-22-23-8-5-4-6-9-23/h4-6,8-9,12-15,18-19H,3,7,10-11,16-17,20,22H2,1-2H3,(H,34,35)/t32-/m1/s1. The van der Waals surface area contributed by atoms with Crippen molar-refractivity contribution in [2.24, 2.45) is 0 Å². The van der Waals surface area contributed by atoms with Crippen molar-refractivity contribution in [2.75, 3.05) is 18.5 Å². The Labute approximate surface area is 229 Å². The van der Waals surface area contributed by atoms with Crippen molar-refractivity contribution >= 4 is 17.6 Å². The number of hydrogen-bond donors (Lipinski definition) is 1. The molecule has 1 amide bonds. The van der Waals surface area contributed by atoms with E-state index in [4.69, 9.17) is 14.2 Å². The summed E-state index contributed by atoms with van der Waals surface area (Å²) >= 11 is 0. The molecule has 1 heterocycles. The Kier molecular flexibility index (Phi) is 9.22. The summed E-state index contributed by atoms with van der Waals surface area (Å²) in [6.07, 6.45) is 2.42. The second kappa shape index (κ2) is 13.0. The molecule has 7 nitrogen and oxygen atoms in total. The van der Waals surface area contributed by atoms with E-state index in [0.717, 1.165) is 22.4 Å². The van der Waals surface area contributed by atoms with Crippen molar-refractivity contribution in [3.05, 3.63) is 89.0 Å². The Hall–Kier alpha value is -4.31. The van der Waals surface area contributed by atoms with Crippen LogP contribution < -0.4 is 14.8 Å². The molecule has 0 saturated carbocycles. The third-order valence-electron chi connectivity index (χ3n) is 6.96. The zero-order chi connectivity index (χ0) is 27.7. The van der Waals surface area contributed by atoms with E-state index in [-0.39, 0.29) is 18.3 Å². The summed E-state index contributed by atoms with van der Waals surface area (Å²) in [5, 5.41) is 12.4. The van der Waals surface area contributed by atoms with Crippen molar-refractivity contribution in [2.45, 2.75) is 58.0 Å². The monoisotopic (exact) mass is 526 g/mol. The number of hydrogen-bond acceptors (Lipinski definition) is 6. The fraction of sp³-hybridized carbons (Fsp3) is 0.344. The molecule has 1 aliphatic rings. The molecule has 3 aromatic carbocycles. The normalized spacial score (nSPS) is 15.8. The van der Waals surface area contributed by atoms with Crippen LogP contribution in [-0.2, 0) is 32.8 Å². The van der Waals surface area contributed by atoms with Crippen LogP contribution >= 0.6 is 0 Å². The maximum absolute atomic E-state index is 13.3. The molecule has 39 heavy (non-hydrogen) atoms. The molecule has 0 spiro atoms. The first-order chi connectivity index (χ1) is 18.9. The van der Waals surface area contributed by atoms with Crippen LogP contribution in [0.5, 0.6) is 11.5 Å². The lowest BCUT2D eigenvalue weighted by molar-refractivity contribution is -0.143. The number of carbonyl (C=O) groups excluding carboxylic acids is 2. The molecule has 0 fully saturated rings. The number of anilines is 1. The average Bonchev–Trinajstić information content (AvgIpc) is 2.93. The smallest absolute Gasteiger partial charge is 0.305 e. The highest BCUT2D eigenvalue weighted by Crippen LogP contribution is 2.43. The van der Waals surface area contributed by atoms with Crippen LogP contribution in [0.15, 0.2) is 66.7 Å². The molecule has 0 aromatic heterocycles. The Bertz CT molecular complexity index is 1350. The van der Waals surface area contributed by atoms with Crippen molar-refractivity contribution in [1.29, 1.82) is 5.26 Å². The third-order valence-corrected chi connectivity index (χ3v) is 6.96. The number of carbonyl (C=O) groups is 2. The number of amides is 1. The van der Waals surface area contributed by atoms with Crippen molar-refractivity contribution in [3.63, 3.8) is 0 Å². The van der Waals surface area contributed by atoms with Crippen LogP contribution in [0.25, 0.3) is 0 Å². The highest BCUT2D eigenvalue weighted by molar-refractivity contribution is 5.92. The number of benzene rings is 3. The van der Waals surface area contributed by atoms with Gasteiger partial charge in [-0.3, -0.25) is 9.59 Å². The van der Waals surface area contributed by atoms with Crippen molar-refractivity contribution in [3.8, 4) is 17.6 Å². The van der Waals surface area contributed by atoms with E-state index in [1.54, 1.807) is 19.1 Å². The van der Waals surface area contributed by atoms with E-state index in [2.05, 4.69) is 18.3 Å². The summed E-state index contributed by atoms with van der Waals surface area (Å²) in [5.41, 5.74) is 3.57. The lowest BCUT2D eigenvalue weighted by atomic mass is 9.75. The first kappa shape index (κ1) is 27.7. The Balaban J connectivity index is 1.43. The summed E-state index contributed by atoms with van der Waals surface area (Å²) in [4.78, 5) is 25.0. The number of nitrogens with one attached hydrogen (secondary N) is 1. The minimum atomic E-state index is -0.424. The van der Waals surface area contributed by atoms with E-state index in [1.165, 1.54) is 0 Å². The maximum Gasteiger partial charge on any atom is 0.305 e. The van der Waals surface area contributed by atoms with Gasteiger partial charge in [-0.25, -0.2) is 0 Å². The van der Waals surface area contributed by atoms with Crippen LogP contribution in [0, 0.1) is 11.3 Å². The average molecular weight is 527 g/mol. The SMILES string of the molecule is CCOC(=O)CCCc1ccc(C#N)cc1NC(=O)C[C@@]1(C)CCOc2cc(OCc3ccccc3)ccc21. The molecule has 0 saturated heterocycles. The highest BCUT2D eigenvalue weighted by atomic mass is 16.5. The largest absolute Gasteiger partial charge is 0.493 e. The van der Waals surface area contributed by atoms with Crippen molar-refractivity contribution in [1.82, 2.24) is 0 Å². The number of nitrogens with zero attached hydrogens (tertiary/aromatic N) is 1. The first-order valence-corrected chi connectivity index (χ1v) is 13.3. The molecule has 0 radical (unpaired) electrons. The molecule has 1 atom stereocenters. The van der Waals surface area contributed by atoms with Gasteiger partial charge in [-0.15, -0.1) is 0 Å². The van der Waals surface area contributed by atoms with Crippen LogP contribution in [-0.4, -0.2) is 25.1 Å². The molecule has 3 aromatic rings. The van der Waals surface area contributed by atoms with Gasteiger partial charge < -0.3 is 19.5 Å². The van der Waals surface area contributed by atoms with Gasteiger partial charge in [0.1, 0.15) is 18.1 Å². The van der Waals surface area contributed by atoms with Crippen molar-refractivity contribution < 1.29 is 23.8 Å². The van der Waals surface area contributed by atoms with Gasteiger partial charge in [-0.05, 0) is 55.5 Å². The molecule has 4 rings (SSSR count). The predicted molar refractivity (Wildman–Crippen MR) is 149 cm³/mol. The lowest BCUT2D eigenvalue weighted by Crippen LogP contribution is -2.34. The van der Waals surface area contributed by atoms with Gasteiger partial charge in [-0.2, -0.15) is 5.26 Å². The first-order valence-electron chi connectivity index (χ1n) is 13.3. The minimum absolute atomic E-state index is 0.142. The Morgan fingerprint density at radius 3 is 2.69 bits per heavy atom. The van der Waals surface area contributed by atoms with Crippen LogP contribution in [0.2, 0.25) is 0 Å². The third kappa shape index (κ3) is 7.38. The van der Waals surface area contributed by atoms with Gasteiger partial charge >= 0.3 is 5.97 Å². The van der Waals surface area contributed by atoms with Gasteiger partial charge in [0.15, 0.2) is 0 Å². The van der Waals surface area contributed by atoms with Crippen LogP contribution in [0.4, 0.5) is 5.69 Å². The second-order valence-electron chi connectivity index (χ2n) is 9.96. The summed E-state index contributed by atoms with van der Waals surface area (Å²) in [6, 6.07) is 23.1. The quantitative estimate of drug-likeness (QED) is 0.304. The van der Waals surface area contributed by atoms with Crippen LogP contribution in [0.1, 0.15) is 61.8 Å². The summed E-state index contributed by atoms with van der Waals surface area (Å²) in [6.45, 7) is 5.17. The van der Waals surface area contributed by atoms with E-state index in [1.807, 2.05) is 54.6 Å². The topological polar surface area (TPSA) is 97.7 Å². The fourth-order valence-electron chi connectivity index (χ4n) is 4.84. The number of esters is 1. The number of ether oxygens (including phenoxy) is 3. The molecule has 1 N–H and O–H groups in total. The number of nitriles is 1. The number of aryl methyl sites for hydroxylation is 1. The zero-order valence-corrected chi connectivity index (χ0v) is 22.5. The molecule has 202 valence electrons. The van der Waals surface area contributed by atoms with Gasteiger partial charge in [0.05, 0.1) is 24.8 Å². The van der Waals surface area contributed by atoms with Gasteiger partial charge in [0.25, 0.3) is 0 Å². The van der Waals surface area contributed by atoms with Gasteiger partial charge in [0, 0.05) is 35.6 Å². The summed E-state index contributed by atoms with van der Waals surface area (Å²) in [7, 11) is 0.